The van der Waals surface area contributed by atoms with Gasteiger partial charge in [-0.15, -0.1) is 0 Å². The summed E-state index contributed by atoms with van der Waals surface area (Å²) in [5.41, 5.74) is 1.67. The monoisotopic (exact) mass is 393 g/mol. The molecule has 0 atom stereocenters. The van der Waals surface area contributed by atoms with Gasteiger partial charge >= 0.3 is 5.97 Å². The minimum absolute atomic E-state index is 0.0378. The Balaban J connectivity index is 1.86. The van der Waals surface area contributed by atoms with E-state index in [9.17, 15) is 9.90 Å². The molecule has 0 saturated heterocycles. The molecule has 0 heterocycles. The van der Waals surface area contributed by atoms with Crippen molar-refractivity contribution in [3.05, 3.63) is 58.9 Å². The summed E-state index contributed by atoms with van der Waals surface area (Å²) in [5.74, 6) is -0.701. The molecular weight excluding hydrogens is 365 g/mol. The van der Waals surface area contributed by atoms with Gasteiger partial charge < -0.3 is 5.11 Å². The first kappa shape index (κ1) is 21.0. The number of rotatable bonds is 7. The molecule has 2 aromatic carbocycles. The molecule has 1 aliphatic carbocycles. The Morgan fingerprint density at radius 2 is 1.79 bits per heavy atom. The van der Waals surface area contributed by atoms with E-state index in [1.54, 1.807) is 30.3 Å². The highest BCUT2D eigenvalue weighted by atomic mass is 19.1. The molecule has 3 rings (SSSR count). The van der Waals surface area contributed by atoms with E-state index in [-0.39, 0.29) is 17.0 Å². The lowest BCUT2D eigenvalue weighted by Gasteiger charge is -2.29. The maximum Gasteiger partial charge on any atom is 0.336 e. The number of benzene rings is 2. The van der Waals surface area contributed by atoms with Gasteiger partial charge in [-0.1, -0.05) is 50.8 Å². The average Bonchev–Trinajstić information content (AvgIpc) is 2.74. The third-order valence-corrected chi connectivity index (χ3v) is 6.21. The van der Waals surface area contributed by atoms with Crippen LogP contribution >= 0.6 is 0 Å². The van der Waals surface area contributed by atoms with E-state index in [0.717, 1.165) is 31.6 Å². The van der Waals surface area contributed by atoms with Crippen LogP contribution < -0.4 is 0 Å². The van der Waals surface area contributed by atoms with Gasteiger partial charge in [0.25, 0.3) is 0 Å². The number of hydrogen-bond acceptors (Lipinski definition) is 2. The van der Waals surface area contributed by atoms with Crippen molar-refractivity contribution in [2.45, 2.75) is 64.2 Å². The number of carboxylic acids is 1. The highest BCUT2D eigenvalue weighted by Gasteiger charge is 2.27. The fourth-order valence-electron chi connectivity index (χ4n) is 4.52. The number of nitriles is 1. The first-order valence-electron chi connectivity index (χ1n) is 10.6. The summed E-state index contributed by atoms with van der Waals surface area (Å²) in [7, 11) is 0. The first-order valence-corrected chi connectivity index (χ1v) is 10.6. The fraction of sp³-hybridized carbons (Fsp3) is 0.440. The Labute approximate surface area is 172 Å². The number of unbranched alkanes of at least 4 members (excludes halogenated alkanes) is 2. The summed E-state index contributed by atoms with van der Waals surface area (Å²) in [6, 6.07) is 11.7. The normalized spacial score (nSPS) is 18.9. The van der Waals surface area contributed by atoms with Gasteiger partial charge in [0, 0.05) is 5.56 Å². The second-order valence-corrected chi connectivity index (χ2v) is 8.10. The van der Waals surface area contributed by atoms with Gasteiger partial charge in [-0.2, -0.15) is 5.26 Å². The zero-order valence-electron chi connectivity index (χ0n) is 17.0. The summed E-state index contributed by atoms with van der Waals surface area (Å²) in [5, 5.41) is 18.6. The van der Waals surface area contributed by atoms with Gasteiger partial charge in [0.2, 0.25) is 0 Å². The Morgan fingerprint density at radius 1 is 1.10 bits per heavy atom. The van der Waals surface area contributed by atoms with Gasteiger partial charge in [-0.05, 0) is 66.8 Å². The molecule has 152 valence electrons. The molecule has 4 heteroatoms. The number of carbonyl (C=O) groups is 1. The molecule has 0 unspecified atom stereocenters. The van der Waals surface area contributed by atoms with Crippen molar-refractivity contribution in [1.29, 1.82) is 5.26 Å². The van der Waals surface area contributed by atoms with Crippen molar-refractivity contribution in [1.82, 2.24) is 0 Å². The molecule has 0 aromatic heterocycles. The Kier molecular flexibility index (Phi) is 7.04. The Morgan fingerprint density at radius 3 is 2.38 bits per heavy atom. The largest absolute Gasteiger partial charge is 0.478 e. The predicted octanol–water partition coefficient (Wildman–Crippen LogP) is 6.92. The van der Waals surface area contributed by atoms with E-state index < -0.39 is 11.8 Å². The summed E-state index contributed by atoms with van der Waals surface area (Å²) in [6.45, 7) is 2.21. The van der Waals surface area contributed by atoms with E-state index in [1.165, 1.54) is 31.7 Å². The SMILES string of the molecule is CCCCCC1CCC(c2ccc(C(=O)O)c(-c3ccc(C#N)cc3)c2F)CC1. The van der Waals surface area contributed by atoms with Crippen LogP contribution in [0.4, 0.5) is 4.39 Å². The second-order valence-electron chi connectivity index (χ2n) is 8.10. The molecule has 0 spiro atoms. The maximum absolute atomic E-state index is 15.6. The quantitative estimate of drug-likeness (QED) is 0.520. The van der Waals surface area contributed by atoms with E-state index in [0.29, 0.717) is 16.7 Å². The molecule has 1 N–H and O–H groups in total. The molecule has 0 aliphatic heterocycles. The zero-order chi connectivity index (χ0) is 20.8. The van der Waals surface area contributed by atoms with Crippen LogP contribution in [0, 0.1) is 23.1 Å². The molecule has 1 aliphatic rings. The molecule has 3 nitrogen and oxygen atoms in total. The van der Waals surface area contributed by atoms with Gasteiger partial charge in [0.1, 0.15) is 5.82 Å². The molecule has 29 heavy (non-hydrogen) atoms. The third-order valence-electron chi connectivity index (χ3n) is 6.21. The Bertz CT molecular complexity index is 890. The molecule has 0 amide bonds. The van der Waals surface area contributed by atoms with Crippen molar-refractivity contribution in [3.8, 4) is 17.2 Å². The smallest absolute Gasteiger partial charge is 0.336 e. The molecule has 0 radical (unpaired) electrons. The van der Waals surface area contributed by atoms with Crippen LogP contribution in [0.3, 0.4) is 0 Å². The second kappa shape index (κ2) is 9.69. The highest BCUT2D eigenvalue weighted by molar-refractivity contribution is 5.96. The van der Waals surface area contributed by atoms with Crippen molar-refractivity contribution in [2.24, 2.45) is 5.92 Å². The number of halogens is 1. The van der Waals surface area contributed by atoms with Gasteiger partial charge in [-0.3, -0.25) is 0 Å². The van der Waals surface area contributed by atoms with E-state index in [2.05, 4.69) is 6.92 Å². The topological polar surface area (TPSA) is 61.1 Å². The summed E-state index contributed by atoms with van der Waals surface area (Å²) >= 11 is 0. The van der Waals surface area contributed by atoms with Crippen molar-refractivity contribution in [3.63, 3.8) is 0 Å². The molecule has 1 saturated carbocycles. The highest BCUT2D eigenvalue weighted by Crippen LogP contribution is 2.41. The minimum atomic E-state index is -1.14. The van der Waals surface area contributed by atoms with Gasteiger partial charge in [0.05, 0.1) is 17.2 Å². The van der Waals surface area contributed by atoms with E-state index in [1.807, 2.05) is 6.07 Å². The van der Waals surface area contributed by atoms with Crippen molar-refractivity contribution >= 4 is 5.97 Å². The van der Waals surface area contributed by atoms with Crippen LogP contribution in [-0.4, -0.2) is 11.1 Å². The lowest BCUT2D eigenvalue weighted by molar-refractivity contribution is 0.0697. The maximum atomic E-state index is 15.6. The zero-order valence-corrected chi connectivity index (χ0v) is 17.0. The summed E-state index contributed by atoms with van der Waals surface area (Å²) in [4.78, 5) is 11.7. The summed E-state index contributed by atoms with van der Waals surface area (Å²) < 4.78 is 15.6. The first-order chi connectivity index (χ1) is 14.0. The van der Waals surface area contributed by atoms with Gasteiger partial charge in [0.15, 0.2) is 0 Å². The van der Waals surface area contributed by atoms with Crippen molar-refractivity contribution < 1.29 is 14.3 Å². The van der Waals surface area contributed by atoms with Crippen LogP contribution in [0.5, 0.6) is 0 Å². The standard InChI is InChI=1S/C25H28FNO2/c1-2-3-4-5-17-6-10-19(11-7-17)21-14-15-22(25(28)29)23(24(21)26)20-12-8-18(16-27)9-13-20/h8-9,12-15,17,19H,2-7,10-11H2,1H3,(H,28,29). The summed E-state index contributed by atoms with van der Waals surface area (Å²) in [6.07, 6.45) is 9.17. The minimum Gasteiger partial charge on any atom is -0.478 e. The number of aromatic carboxylic acids is 1. The van der Waals surface area contributed by atoms with Crippen LogP contribution in [0.15, 0.2) is 36.4 Å². The molecule has 1 fully saturated rings. The van der Waals surface area contributed by atoms with Crippen LogP contribution in [0.25, 0.3) is 11.1 Å². The van der Waals surface area contributed by atoms with Crippen LogP contribution in [0.2, 0.25) is 0 Å². The number of carboxylic acid groups (broad SMARTS) is 1. The van der Waals surface area contributed by atoms with Crippen LogP contribution in [-0.2, 0) is 0 Å². The lowest BCUT2D eigenvalue weighted by atomic mass is 9.76. The third kappa shape index (κ3) is 4.85. The average molecular weight is 394 g/mol. The van der Waals surface area contributed by atoms with E-state index in [4.69, 9.17) is 5.26 Å². The molecule has 2 aromatic rings. The number of nitrogens with zero attached hydrogens (tertiary/aromatic N) is 1. The lowest BCUT2D eigenvalue weighted by Crippen LogP contribution is -2.15. The van der Waals surface area contributed by atoms with Crippen LogP contribution in [0.1, 0.15) is 85.7 Å². The van der Waals surface area contributed by atoms with Crippen molar-refractivity contribution in [2.75, 3.05) is 0 Å². The predicted molar refractivity (Wildman–Crippen MR) is 112 cm³/mol. The Hall–Kier alpha value is -2.67. The number of hydrogen-bond donors (Lipinski definition) is 1. The fourth-order valence-corrected chi connectivity index (χ4v) is 4.52. The molecule has 0 bridgehead atoms. The van der Waals surface area contributed by atoms with E-state index >= 15 is 4.39 Å². The molecular formula is C25H28FNO2. The van der Waals surface area contributed by atoms with Gasteiger partial charge in [-0.25, -0.2) is 9.18 Å².